The van der Waals surface area contributed by atoms with Crippen molar-refractivity contribution in [2.75, 3.05) is 33.4 Å². The van der Waals surface area contributed by atoms with Gasteiger partial charge in [0.15, 0.2) is 0 Å². The largest absolute Gasteiger partial charge is 0.469 e. The van der Waals surface area contributed by atoms with E-state index in [1.807, 2.05) is 0 Å². The van der Waals surface area contributed by atoms with E-state index >= 15 is 0 Å². The number of aromatic nitrogens is 3. The maximum absolute atomic E-state index is 11.2. The molecule has 2 heterocycles. The zero-order valence-corrected chi connectivity index (χ0v) is 12.4. The lowest BCUT2D eigenvalue weighted by atomic mass is 10.2. The van der Waals surface area contributed by atoms with Crippen LogP contribution in [-0.4, -0.2) is 65.1 Å². The lowest BCUT2D eigenvalue weighted by Crippen LogP contribution is -2.44. The number of morpholine rings is 1. The van der Waals surface area contributed by atoms with Crippen LogP contribution < -0.4 is 0 Å². The summed E-state index contributed by atoms with van der Waals surface area (Å²) in [5, 5.41) is 4.17. The van der Waals surface area contributed by atoms with E-state index in [2.05, 4.69) is 35.6 Å². The van der Waals surface area contributed by atoms with Gasteiger partial charge in [-0.15, -0.1) is 5.10 Å². The first kappa shape index (κ1) is 14.4. The van der Waals surface area contributed by atoms with Gasteiger partial charge < -0.3 is 9.47 Å². The number of carbonyl (C=O) groups excluding carboxylic acids is 1. The minimum absolute atomic E-state index is 0.0799. The second-order valence-corrected chi connectivity index (χ2v) is 5.06. The van der Waals surface area contributed by atoms with E-state index in [1.54, 1.807) is 11.0 Å². The van der Waals surface area contributed by atoms with E-state index in [1.165, 1.54) is 7.11 Å². The van der Waals surface area contributed by atoms with Crippen LogP contribution in [0.3, 0.4) is 0 Å². The Hall–Kier alpha value is -0.990. The summed E-state index contributed by atoms with van der Waals surface area (Å²) in [6, 6.07) is 0. The lowest BCUT2D eigenvalue weighted by Gasteiger charge is -2.32. The van der Waals surface area contributed by atoms with Crippen LogP contribution in [0.2, 0.25) is 0 Å². The molecule has 0 aliphatic carbocycles. The molecule has 19 heavy (non-hydrogen) atoms. The number of halogens is 1. The molecule has 0 aromatic carbocycles. The molecule has 7 nitrogen and oxygen atoms in total. The Balaban J connectivity index is 1.76. The molecule has 1 aromatic heterocycles. The van der Waals surface area contributed by atoms with Gasteiger partial charge in [-0.05, 0) is 15.9 Å². The van der Waals surface area contributed by atoms with E-state index in [0.717, 1.165) is 26.2 Å². The van der Waals surface area contributed by atoms with E-state index in [4.69, 9.17) is 4.74 Å². The highest BCUT2D eigenvalue weighted by molar-refractivity contribution is 9.10. The van der Waals surface area contributed by atoms with Gasteiger partial charge in [-0.25, -0.2) is 4.98 Å². The predicted molar refractivity (Wildman–Crippen MR) is 70.5 cm³/mol. The van der Waals surface area contributed by atoms with E-state index < -0.39 is 0 Å². The average Bonchev–Trinajstić information content (AvgIpc) is 2.82. The summed E-state index contributed by atoms with van der Waals surface area (Å²) < 4.78 is 12.6. The van der Waals surface area contributed by atoms with Gasteiger partial charge in [0.1, 0.15) is 6.33 Å². The van der Waals surface area contributed by atoms with Crippen molar-refractivity contribution >= 4 is 21.9 Å². The Morgan fingerprint density at radius 2 is 2.47 bits per heavy atom. The van der Waals surface area contributed by atoms with E-state index in [0.29, 0.717) is 17.8 Å². The second-order valence-electron chi connectivity index (χ2n) is 4.35. The van der Waals surface area contributed by atoms with Gasteiger partial charge in [0.2, 0.25) is 4.73 Å². The monoisotopic (exact) mass is 332 g/mol. The molecule has 1 atom stereocenters. The molecule has 1 saturated heterocycles. The van der Waals surface area contributed by atoms with Gasteiger partial charge in [-0.2, -0.15) is 0 Å². The summed E-state index contributed by atoms with van der Waals surface area (Å²) in [5.41, 5.74) is 0. The van der Waals surface area contributed by atoms with Crippen molar-refractivity contribution in [2.24, 2.45) is 0 Å². The van der Waals surface area contributed by atoms with E-state index in [-0.39, 0.29) is 12.1 Å². The number of ether oxygens (including phenoxy) is 2. The number of rotatable bonds is 5. The third kappa shape index (κ3) is 4.55. The Kier molecular flexibility index (Phi) is 5.29. The van der Waals surface area contributed by atoms with Gasteiger partial charge in [-0.1, -0.05) is 0 Å². The zero-order chi connectivity index (χ0) is 13.7. The molecule has 106 valence electrons. The lowest BCUT2D eigenvalue weighted by molar-refractivity contribution is -0.145. The summed E-state index contributed by atoms with van der Waals surface area (Å²) in [6.45, 7) is 3.88. The Labute approximate surface area is 120 Å². The molecule has 0 bridgehead atoms. The Morgan fingerprint density at radius 1 is 1.63 bits per heavy atom. The maximum Gasteiger partial charge on any atom is 0.308 e. The topological polar surface area (TPSA) is 69.5 Å². The molecule has 1 aromatic rings. The van der Waals surface area contributed by atoms with Crippen LogP contribution in [0.25, 0.3) is 0 Å². The molecule has 1 unspecified atom stereocenters. The smallest absolute Gasteiger partial charge is 0.308 e. The number of hydrogen-bond acceptors (Lipinski definition) is 6. The number of hydrogen-bond donors (Lipinski definition) is 0. The van der Waals surface area contributed by atoms with E-state index in [9.17, 15) is 4.79 Å². The normalized spacial score (nSPS) is 20.4. The van der Waals surface area contributed by atoms with Crippen LogP contribution in [0.1, 0.15) is 6.42 Å². The van der Waals surface area contributed by atoms with Crippen LogP contribution in [0, 0.1) is 0 Å². The van der Waals surface area contributed by atoms with Crippen LogP contribution in [-0.2, 0) is 20.8 Å². The number of nitrogens with zero attached hydrogens (tertiary/aromatic N) is 4. The van der Waals surface area contributed by atoms with Crippen LogP contribution in [0.5, 0.6) is 0 Å². The van der Waals surface area contributed by atoms with Crippen LogP contribution in [0.15, 0.2) is 11.1 Å². The molecule has 8 heteroatoms. The second kappa shape index (κ2) is 6.97. The number of carbonyl (C=O) groups is 1. The van der Waals surface area contributed by atoms with Crippen molar-refractivity contribution < 1.29 is 14.3 Å². The molecule has 1 fully saturated rings. The molecule has 2 rings (SSSR count). The first-order valence-corrected chi connectivity index (χ1v) is 6.92. The van der Waals surface area contributed by atoms with Crippen molar-refractivity contribution in [2.45, 2.75) is 19.1 Å². The molecule has 0 N–H and O–H groups in total. The van der Waals surface area contributed by atoms with Gasteiger partial charge in [0, 0.05) is 19.6 Å². The zero-order valence-electron chi connectivity index (χ0n) is 10.8. The molecular formula is C11H17BrN4O3. The minimum atomic E-state index is -0.230. The fraction of sp³-hybridized carbons (Fsp3) is 0.727. The van der Waals surface area contributed by atoms with Gasteiger partial charge >= 0.3 is 5.97 Å². The molecule has 0 saturated carbocycles. The summed E-state index contributed by atoms with van der Waals surface area (Å²) in [7, 11) is 1.39. The first-order chi connectivity index (χ1) is 9.17. The summed E-state index contributed by atoms with van der Waals surface area (Å²) in [5.74, 6) is -0.230. The predicted octanol–water partition coefficient (Wildman–Crippen LogP) is 0.304. The number of esters is 1. The average molecular weight is 333 g/mol. The van der Waals surface area contributed by atoms with Crippen LogP contribution >= 0.6 is 15.9 Å². The van der Waals surface area contributed by atoms with Crippen molar-refractivity contribution in [3.05, 3.63) is 11.1 Å². The van der Waals surface area contributed by atoms with Gasteiger partial charge in [0.05, 0.1) is 32.8 Å². The molecule has 0 radical (unpaired) electrons. The van der Waals surface area contributed by atoms with Gasteiger partial charge in [-0.3, -0.25) is 14.4 Å². The van der Waals surface area contributed by atoms with Crippen molar-refractivity contribution in [3.8, 4) is 0 Å². The highest BCUT2D eigenvalue weighted by Gasteiger charge is 2.23. The quantitative estimate of drug-likeness (QED) is 0.722. The van der Waals surface area contributed by atoms with Crippen molar-refractivity contribution in [3.63, 3.8) is 0 Å². The fourth-order valence-electron chi connectivity index (χ4n) is 2.00. The summed E-state index contributed by atoms with van der Waals surface area (Å²) in [6.07, 6.45) is 1.92. The Morgan fingerprint density at radius 3 is 3.16 bits per heavy atom. The van der Waals surface area contributed by atoms with Gasteiger partial charge in [0.25, 0.3) is 0 Å². The van der Waals surface area contributed by atoms with Crippen LogP contribution in [0.4, 0.5) is 0 Å². The summed E-state index contributed by atoms with van der Waals surface area (Å²) in [4.78, 5) is 17.5. The highest BCUT2D eigenvalue weighted by atomic mass is 79.9. The molecule has 0 amide bonds. The van der Waals surface area contributed by atoms with Crippen molar-refractivity contribution in [1.29, 1.82) is 0 Å². The van der Waals surface area contributed by atoms with Crippen molar-refractivity contribution in [1.82, 2.24) is 19.7 Å². The maximum atomic E-state index is 11.2. The fourth-order valence-corrected chi connectivity index (χ4v) is 2.30. The molecular weight excluding hydrogens is 316 g/mol. The summed E-state index contributed by atoms with van der Waals surface area (Å²) >= 11 is 3.21. The molecule has 1 aliphatic rings. The highest BCUT2D eigenvalue weighted by Crippen LogP contribution is 2.09. The SMILES string of the molecule is COC(=O)CC1CN(CCn2cnc(Br)n2)CCO1. The molecule has 0 spiro atoms. The molecule has 1 aliphatic heterocycles. The standard InChI is InChI=1S/C11H17BrN4O3/c1-18-10(17)6-9-7-15(4-5-19-9)2-3-16-8-13-11(12)14-16/h8-9H,2-7H2,1H3. The third-order valence-corrected chi connectivity index (χ3v) is 3.36. The first-order valence-electron chi connectivity index (χ1n) is 6.13. The minimum Gasteiger partial charge on any atom is -0.469 e. The Bertz CT molecular complexity index is 426. The number of methoxy groups -OCH3 is 1. The third-order valence-electron chi connectivity index (χ3n) is 3.00.